The predicted octanol–water partition coefficient (Wildman–Crippen LogP) is 2.76. The molecule has 20 heavy (non-hydrogen) atoms. The highest BCUT2D eigenvalue weighted by Crippen LogP contribution is 2.23. The Kier molecular flexibility index (Phi) is 3.53. The summed E-state index contributed by atoms with van der Waals surface area (Å²) in [5, 5.41) is 10.1. The molecule has 1 N–H and O–H groups in total. The standard InChI is InChI=1S/C15H17NO4/c1-4-16(15(2,3)14(18)19)13(17)12-9-10-7-5-6-8-11(10)20-12/h5-9H,4H2,1-3H3,(H,18,19). The maximum Gasteiger partial charge on any atom is 0.329 e. The van der Waals surface area contributed by atoms with Crippen molar-refractivity contribution in [2.75, 3.05) is 6.54 Å². The maximum absolute atomic E-state index is 12.5. The number of rotatable bonds is 4. The molecule has 0 saturated carbocycles. The van der Waals surface area contributed by atoms with Crippen molar-refractivity contribution in [2.24, 2.45) is 0 Å². The van der Waals surface area contributed by atoms with Crippen molar-refractivity contribution in [3.63, 3.8) is 0 Å². The summed E-state index contributed by atoms with van der Waals surface area (Å²) in [5.74, 6) is -1.32. The van der Waals surface area contributed by atoms with Gasteiger partial charge in [0, 0.05) is 11.9 Å². The quantitative estimate of drug-likeness (QED) is 0.931. The van der Waals surface area contributed by atoms with Crippen molar-refractivity contribution in [2.45, 2.75) is 26.3 Å². The number of nitrogens with zero attached hydrogens (tertiary/aromatic N) is 1. The van der Waals surface area contributed by atoms with E-state index in [1.807, 2.05) is 18.2 Å². The number of furan rings is 1. The Bertz CT molecular complexity index is 624. The molecule has 0 bridgehead atoms. The molecule has 2 rings (SSSR count). The SMILES string of the molecule is CCN(C(=O)c1cc2ccccc2o1)C(C)(C)C(=O)O. The van der Waals surface area contributed by atoms with Crippen LogP contribution in [0.5, 0.6) is 0 Å². The zero-order chi connectivity index (χ0) is 14.9. The average Bonchev–Trinajstić information content (AvgIpc) is 2.82. The van der Waals surface area contributed by atoms with Gasteiger partial charge in [-0.05, 0) is 32.9 Å². The van der Waals surface area contributed by atoms with Crippen LogP contribution in [0.1, 0.15) is 31.3 Å². The Balaban J connectivity index is 2.40. The van der Waals surface area contributed by atoms with E-state index in [9.17, 15) is 14.7 Å². The van der Waals surface area contributed by atoms with Crippen molar-refractivity contribution in [1.82, 2.24) is 4.90 Å². The number of amides is 1. The molecule has 1 amide bonds. The fourth-order valence-electron chi connectivity index (χ4n) is 2.13. The summed E-state index contributed by atoms with van der Waals surface area (Å²) in [6.45, 7) is 5.03. The molecule has 2 aromatic rings. The van der Waals surface area contributed by atoms with Crippen molar-refractivity contribution >= 4 is 22.8 Å². The predicted molar refractivity (Wildman–Crippen MR) is 74.6 cm³/mol. The molecule has 1 heterocycles. The molecule has 0 saturated heterocycles. The fraction of sp³-hybridized carbons (Fsp3) is 0.333. The van der Waals surface area contributed by atoms with Crippen LogP contribution in [0.25, 0.3) is 11.0 Å². The third-order valence-electron chi connectivity index (χ3n) is 3.40. The monoisotopic (exact) mass is 275 g/mol. The molecule has 0 fully saturated rings. The minimum Gasteiger partial charge on any atom is -0.480 e. The lowest BCUT2D eigenvalue weighted by Gasteiger charge is -2.33. The summed E-state index contributed by atoms with van der Waals surface area (Å²) < 4.78 is 5.50. The lowest BCUT2D eigenvalue weighted by molar-refractivity contribution is -0.147. The molecular weight excluding hydrogens is 258 g/mol. The molecule has 0 aliphatic carbocycles. The first-order valence-corrected chi connectivity index (χ1v) is 6.42. The van der Waals surface area contributed by atoms with Gasteiger partial charge < -0.3 is 14.4 Å². The normalized spacial score (nSPS) is 11.6. The number of benzene rings is 1. The molecule has 0 aliphatic rings. The van der Waals surface area contributed by atoms with E-state index in [-0.39, 0.29) is 12.3 Å². The van der Waals surface area contributed by atoms with E-state index in [1.165, 1.54) is 18.7 Å². The van der Waals surface area contributed by atoms with Crippen molar-refractivity contribution < 1.29 is 19.1 Å². The van der Waals surface area contributed by atoms with Gasteiger partial charge in [-0.1, -0.05) is 18.2 Å². The lowest BCUT2D eigenvalue weighted by Crippen LogP contribution is -2.52. The van der Waals surface area contributed by atoms with Gasteiger partial charge in [0.2, 0.25) is 0 Å². The first-order chi connectivity index (χ1) is 9.37. The van der Waals surface area contributed by atoms with E-state index in [0.717, 1.165) is 5.39 Å². The first-order valence-electron chi connectivity index (χ1n) is 6.42. The maximum atomic E-state index is 12.5. The number of para-hydroxylation sites is 1. The summed E-state index contributed by atoms with van der Waals surface area (Å²) in [5.41, 5.74) is -0.676. The van der Waals surface area contributed by atoms with E-state index in [2.05, 4.69) is 0 Å². The number of likely N-dealkylation sites (N-methyl/N-ethyl adjacent to an activating group) is 1. The first kappa shape index (κ1) is 14.1. The highest BCUT2D eigenvalue weighted by molar-refractivity contribution is 5.98. The molecule has 0 spiro atoms. The second-order valence-electron chi connectivity index (χ2n) is 5.06. The molecule has 5 heteroatoms. The molecule has 0 aliphatic heterocycles. The van der Waals surface area contributed by atoms with Crippen LogP contribution in [-0.4, -0.2) is 34.0 Å². The van der Waals surface area contributed by atoms with E-state index >= 15 is 0 Å². The van der Waals surface area contributed by atoms with Crippen LogP contribution in [0, 0.1) is 0 Å². The van der Waals surface area contributed by atoms with Gasteiger partial charge in [-0.3, -0.25) is 4.79 Å². The van der Waals surface area contributed by atoms with Crippen LogP contribution in [0.3, 0.4) is 0 Å². The summed E-state index contributed by atoms with van der Waals surface area (Å²) >= 11 is 0. The Hall–Kier alpha value is -2.30. The smallest absolute Gasteiger partial charge is 0.329 e. The van der Waals surface area contributed by atoms with E-state index in [1.54, 1.807) is 19.1 Å². The second kappa shape index (κ2) is 5.00. The Morgan fingerprint density at radius 1 is 1.30 bits per heavy atom. The number of hydrogen-bond acceptors (Lipinski definition) is 3. The van der Waals surface area contributed by atoms with Gasteiger partial charge in [-0.2, -0.15) is 0 Å². The largest absolute Gasteiger partial charge is 0.480 e. The van der Waals surface area contributed by atoms with Crippen LogP contribution in [-0.2, 0) is 4.79 Å². The molecule has 0 unspecified atom stereocenters. The van der Waals surface area contributed by atoms with Crippen molar-refractivity contribution in [1.29, 1.82) is 0 Å². The highest BCUT2D eigenvalue weighted by Gasteiger charge is 2.38. The molecular formula is C15H17NO4. The van der Waals surface area contributed by atoms with Crippen LogP contribution in [0.4, 0.5) is 0 Å². The van der Waals surface area contributed by atoms with Gasteiger partial charge in [0.05, 0.1) is 0 Å². The van der Waals surface area contributed by atoms with Crippen LogP contribution in [0.2, 0.25) is 0 Å². The molecule has 0 atom stereocenters. The third kappa shape index (κ3) is 2.27. The number of carbonyl (C=O) groups excluding carboxylic acids is 1. The number of carboxylic acids is 1. The van der Waals surface area contributed by atoms with E-state index < -0.39 is 17.4 Å². The number of carbonyl (C=O) groups is 2. The van der Waals surface area contributed by atoms with Gasteiger partial charge in [-0.25, -0.2) is 4.79 Å². The lowest BCUT2D eigenvalue weighted by atomic mass is 10.0. The minimum atomic E-state index is -1.29. The molecule has 106 valence electrons. The minimum absolute atomic E-state index is 0.155. The van der Waals surface area contributed by atoms with Gasteiger partial charge in [-0.15, -0.1) is 0 Å². The van der Waals surface area contributed by atoms with Gasteiger partial charge >= 0.3 is 5.97 Å². The Labute approximate surface area is 116 Å². The Morgan fingerprint density at radius 3 is 2.50 bits per heavy atom. The summed E-state index contributed by atoms with van der Waals surface area (Å²) in [7, 11) is 0. The van der Waals surface area contributed by atoms with Crippen LogP contribution < -0.4 is 0 Å². The Morgan fingerprint density at radius 2 is 1.95 bits per heavy atom. The molecule has 0 radical (unpaired) electrons. The fourth-order valence-corrected chi connectivity index (χ4v) is 2.13. The molecule has 1 aromatic heterocycles. The zero-order valence-corrected chi connectivity index (χ0v) is 11.7. The van der Waals surface area contributed by atoms with Gasteiger partial charge in [0.25, 0.3) is 5.91 Å². The van der Waals surface area contributed by atoms with Crippen molar-refractivity contribution in [3.05, 3.63) is 36.1 Å². The molecule has 1 aromatic carbocycles. The van der Waals surface area contributed by atoms with Crippen LogP contribution in [0.15, 0.2) is 34.7 Å². The van der Waals surface area contributed by atoms with Gasteiger partial charge in [0.15, 0.2) is 5.76 Å². The number of aliphatic carboxylic acids is 1. The summed E-state index contributed by atoms with van der Waals surface area (Å²) in [6.07, 6.45) is 0. The topological polar surface area (TPSA) is 70.8 Å². The van der Waals surface area contributed by atoms with Crippen molar-refractivity contribution in [3.8, 4) is 0 Å². The number of fused-ring (bicyclic) bond motifs is 1. The van der Waals surface area contributed by atoms with E-state index in [4.69, 9.17) is 4.42 Å². The van der Waals surface area contributed by atoms with E-state index in [0.29, 0.717) is 5.58 Å². The zero-order valence-electron chi connectivity index (χ0n) is 11.7. The summed E-state index contributed by atoms with van der Waals surface area (Å²) in [4.78, 5) is 25.1. The third-order valence-corrected chi connectivity index (χ3v) is 3.40. The summed E-state index contributed by atoms with van der Waals surface area (Å²) in [6, 6.07) is 8.92. The average molecular weight is 275 g/mol. The number of carboxylic acid groups (broad SMARTS) is 1. The number of hydrogen-bond donors (Lipinski definition) is 1. The van der Waals surface area contributed by atoms with Gasteiger partial charge in [0.1, 0.15) is 11.1 Å². The highest BCUT2D eigenvalue weighted by atomic mass is 16.4. The van der Waals surface area contributed by atoms with Crippen LogP contribution >= 0.6 is 0 Å². The molecule has 5 nitrogen and oxygen atoms in total. The second-order valence-corrected chi connectivity index (χ2v) is 5.06.